The molecule has 3 aromatic rings. The first-order chi connectivity index (χ1) is 14.1. The average molecular weight is 416 g/mol. The molecule has 3 heterocycles. The fraction of sp³-hybridized carbons (Fsp3) is 0.682. The molecular formula is C22H33N5O3. The van der Waals surface area contributed by atoms with Gasteiger partial charge in [-0.05, 0) is 44.4 Å². The van der Waals surface area contributed by atoms with Crippen LogP contribution in [0.3, 0.4) is 0 Å². The Morgan fingerprint density at radius 2 is 2.00 bits per heavy atom. The van der Waals surface area contributed by atoms with E-state index in [2.05, 4.69) is 32.3 Å². The van der Waals surface area contributed by atoms with Gasteiger partial charge in [-0.3, -0.25) is 18.3 Å². The molecule has 0 radical (unpaired) electrons. The Kier molecular flexibility index (Phi) is 5.16. The molecule has 4 rings (SSSR count). The number of aryl methyl sites for hydroxylation is 2. The van der Waals surface area contributed by atoms with Crippen molar-refractivity contribution in [3.8, 4) is 0 Å². The summed E-state index contributed by atoms with van der Waals surface area (Å²) in [5, 5.41) is 0. The molecule has 0 N–H and O–H groups in total. The van der Waals surface area contributed by atoms with Crippen molar-refractivity contribution in [2.75, 3.05) is 13.2 Å². The molecule has 0 bridgehead atoms. The number of hydrogen-bond acceptors (Lipinski definition) is 4. The monoisotopic (exact) mass is 415 g/mol. The Morgan fingerprint density at radius 1 is 1.27 bits per heavy atom. The average Bonchev–Trinajstić information content (AvgIpc) is 3.15. The van der Waals surface area contributed by atoms with Gasteiger partial charge in [-0.1, -0.05) is 20.8 Å². The molecule has 1 aliphatic rings. The maximum Gasteiger partial charge on any atom is 0.332 e. The molecule has 0 saturated heterocycles. The highest BCUT2D eigenvalue weighted by molar-refractivity contribution is 5.75. The van der Waals surface area contributed by atoms with Gasteiger partial charge in [0.15, 0.2) is 11.2 Å². The second-order valence-electron chi connectivity index (χ2n) is 9.66. The quantitative estimate of drug-likeness (QED) is 0.601. The summed E-state index contributed by atoms with van der Waals surface area (Å²) in [5.41, 5.74) is 1.57. The summed E-state index contributed by atoms with van der Waals surface area (Å²) in [4.78, 5) is 30.8. The Morgan fingerprint density at radius 3 is 2.67 bits per heavy atom. The van der Waals surface area contributed by atoms with Crippen LogP contribution >= 0.6 is 0 Å². The highest BCUT2D eigenvalue weighted by Crippen LogP contribution is 2.44. The van der Waals surface area contributed by atoms with Gasteiger partial charge in [0.05, 0.1) is 13.2 Å². The number of aromatic nitrogens is 5. The van der Waals surface area contributed by atoms with Gasteiger partial charge in [-0.2, -0.15) is 4.98 Å². The molecule has 1 fully saturated rings. The summed E-state index contributed by atoms with van der Waals surface area (Å²) >= 11 is 0. The van der Waals surface area contributed by atoms with Crippen LogP contribution in [0.4, 0.5) is 0 Å². The second-order valence-corrected chi connectivity index (χ2v) is 9.66. The predicted octanol–water partition coefficient (Wildman–Crippen LogP) is 2.88. The van der Waals surface area contributed by atoms with Crippen LogP contribution in [0.15, 0.2) is 15.8 Å². The lowest BCUT2D eigenvalue weighted by atomic mass is 9.70. The zero-order valence-corrected chi connectivity index (χ0v) is 18.9. The molecule has 0 aliphatic heterocycles. The molecule has 2 atom stereocenters. The first-order valence-electron chi connectivity index (χ1n) is 10.9. The van der Waals surface area contributed by atoms with Gasteiger partial charge in [-0.25, -0.2) is 4.79 Å². The summed E-state index contributed by atoms with van der Waals surface area (Å²) in [5.74, 6) is 1.37. The van der Waals surface area contributed by atoms with Crippen LogP contribution in [0.1, 0.15) is 58.7 Å². The molecule has 1 saturated carbocycles. The van der Waals surface area contributed by atoms with E-state index in [0.717, 1.165) is 24.3 Å². The minimum atomic E-state index is -0.358. The highest BCUT2D eigenvalue weighted by Gasteiger charge is 2.34. The first-order valence-corrected chi connectivity index (χ1v) is 10.9. The van der Waals surface area contributed by atoms with Crippen LogP contribution in [-0.4, -0.2) is 36.3 Å². The third-order valence-corrected chi connectivity index (χ3v) is 6.46. The molecule has 0 aromatic carbocycles. The first kappa shape index (κ1) is 20.9. The minimum absolute atomic E-state index is 0.233. The molecule has 30 heavy (non-hydrogen) atoms. The molecule has 3 aromatic heterocycles. The Hall–Kier alpha value is -2.35. The summed E-state index contributed by atoms with van der Waals surface area (Å²) in [6, 6.07) is 0.329. The van der Waals surface area contributed by atoms with Crippen LogP contribution < -0.4 is 11.2 Å². The van der Waals surface area contributed by atoms with E-state index in [0.29, 0.717) is 36.3 Å². The molecule has 0 unspecified atom stereocenters. The lowest BCUT2D eigenvalue weighted by Crippen LogP contribution is -2.40. The van der Waals surface area contributed by atoms with Crippen LogP contribution in [-0.2, 0) is 18.3 Å². The molecular weight excluding hydrogens is 382 g/mol. The third kappa shape index (κ3) is 3.31. The fourth-order valence-corrected chi connectivity index (χ4v) is 5.47. The molecule has 1 aliphatic carbocycles. The van der Waals surface area contributed by atoms with Gasteiger partial charge in [0.2, 0.25) is 5.78 Å². The van der Waals surface area contributed by atoms with E-state index in [4.69, 9.17) is 9.72 Å². The van der Waals surface area contributed by atoms with Gasteiger partial charge >= 0.3 is 5.69 Å². The molecule has 164 valence electrons. The Labute approximate surface area is 176 Å². The van der Waals surface area contributed by atoms with Crippen molar-refractivity contribution >= 4 is 16.9 Å². The second kappa shape index (κ2) is 7.41. The van der Waals surface area contributed by atoms with E-state index in [-0.39, 0.29) is 23.2 Å². The standard InChI is InChI=1S/C22H33N5O3/c1-7-30-9-8-25-19(28)17-18(24(6)21(25)29)23-20-26(17)13-15(3)27(20)16-10-14(2)11-22(4,5)12-16/h13-14,16H,7-12H2,1-6H3/t14-,16-/m1/s1. The zero-order valence-electron chi connectivity index (χ0n) is 18.9. The van der Waals surface area contributed by atoms with Gasteiger partial charge in [0, 0.05) is 31.6 Å². The van der Waals surface area contributed by atoms with Crippen molar-refractivity contribution in [2.24, 2.45) is 18.4 Å². The van der Waals surface area contributed by atoms with E-state index in [1.54, 1.807) is 7.05 Å². The summed E-state index contributed by atoms with van der Waals surface area (Å²) in [6.45, 7) is 12.0. The van der Waals surface area contributed by atoms with E-state index in [1.807, 2.05) is 17.5 Å². The number of ether oxygens (including phenoxy) is 1. The van der Waals surface area contributed by atoms with Gasteiger partial charge in [-0.15, -0.1) is 0 Å². The summed E-state index contributed by atoms with van der Waals surface area (Å²) in [6.07, 6.45) is 5.36. The summed E-state index contributed by atoms with van der Waals surface area (Å²) < 4.78 is 12.2. The lowest BCUT2D eigenvalue weighted by Gasteiger charge is -2.39. The van der Waals surface area contributed by atoms with Crippen molar-refractivity contribution < 1.29 is 4.74 Å². The van der Waals surface area contributed by atoms with Crippen molar-refractivity contribution in [2.45, 2.75) is 66.5 Å². The Balaban J connectivity index is 1.91. The smallest absolute Gasteiger partial charge is 0.332 e. The van der Waals surface area contributed by atoms with Gasteiger partial charge < -0.3 is 9.30 Å². The number of hydrogen-bond donors (Lipinski definition) is 0. The third-order valence-electron chi connectivity index (χ3n) is 6.46. The minimum Gasteiger partial charge on any atom is -0.380 e. The van der Waals surface area contributed by atoms with Crippen LogP contribution in [0.2, 0.25) is 0 Å². The van der Waals surface area contributed by atoms with Gasteiger partial charge in [0.1, 0.15) is 0 Å². The van der Waals surface area contributed by atoms with E-state index >= 15 is 0 Å². The van der Waals surface area contributed by atoms with Crippen LogP contribution in [0, 0.1) is 18.3 Å². The van der Waals surface area contributed by atoms with E-state index in [1.165, 1.54) is 15.6 Å². The number of rotatable bonds is 5. The highest BCUT2D eigenvalue weighted by atomic mass is 16.5. The topological polar surface area (TPSA) is 75.5 Å². The Bertz CT molecular complexity index is 1210. The van der Waals surface area contributed by atoms with Crippen molar-refractivity contribution in [1.82, 2.24) is 23.1 Å². The largest absolute Gasteiger partial charge is 0.380 e. The normalized spacial score (nSPS) is 21.7. The zero-order chi connectivity index (χ0) is 21.8. The summed E-state index contributed by atoms with van der Waals surface area (Å²) in [7, 11) is 1.68. The van der Waals surface area contributed by atoms with E-state index < -0.39 is 0 Å². The van der Waals surface area contributed by atoms with Crippen LogP contribution in [0.5, 0.6) is 0 Å². The van der Waals surface area contributed by atoms with Crippen molar-refractivity contribution in [1.29, 1.82) is 0 Å². The molecule has 0 amide bonds. The van der Waals surface area contributed by atoms with Crippen molar-refractivity contribution in [3.05, 3.63) is 32.7 Å². The number of fused-ring (bicyclic) bond motifs is 3. The molecule has 0 spiro atoms. The van der Waals surface area contributed by atoms with Gasteiger partial charge in [0.25, 0.3) is 5.56 Å². The predicted molar refractivity (Wildman–Crippen MR) is 117 cm³/mol. The fourth-order valence-electron chi connectivity index (χ4n) is 5.47. The van der Waals surface area contributed by atoms with Crippen LogP contribution in [0.25, 0.3) is 16.9 Å². The number of nitrogens with zero attached hydrogens (tertiary/aromatic N) is 5. The number of imidazole rings is 2. The maximum atomic E-state index is 13.2. The SMILES string of the molecule is CCOCCn1c(=O)c2c(nc3n([C@@H]4C[C@@H](C)CC(C)(C)C4)c(C)cn23)n(C)c1=O. The van der Waals surface area contributed by atoms with E-state index in [9.17, 15) is 9.59 Å². The lowest BCUT2D eigenvalue weighted by molar-refractivity contribution is 0.137. The van der Waals surface area contributed by atoms with Crippen molar-refractivity contribution in [3.63, 3.8) is 0 Å². The molecule has 8 nitrogen and oxygen atoms in total. The maximum absolute atomic E-state index is 13.2. The molecule has 8 heteroatoms.